The molecule has 1 N–H and O–H groups in total. The van der Waals surface area contributed by atoms with Crippen LogP contribution in [0.5, 0.6) is 0 Å². The lowest BCUT2D eigenvalue weighted by atomic mass is 9.45. The minimum Gasteiger partial charge on any atom is -0.393 e. The first-order valence-electron chi connectivity index (χ1n) is 12.7. The Hall–Kier alpha value is -0.640. The average Bonchev–Trinajstić information content (AvgIpc) is 3.17. The minimum absolute atomic E-state index is 0.0838. The lowest BCUT2D eigenvalue weighted by Gasteiger charge is -2.68. The van der Waals surface area contributed by atoms with Gasteiger partial charge < -0.3 is 5.11 Å². The van der Waals surface area contributed by atoms with Gasteiger partial charge >= 0.3 is 0 Å². The van der Waals surface area contributed by atoms with Crippen LogP contribution in [0.3, 0.4) is 0 Å². The van der Waals surface area contributed by atoms with Crippen LogP contribution in [0, 0.1) is 46.8 Å². The smallest absolute Gasteiger partial charge is 0.130 e. The summed E-state index contributed by atoms with van der Waals surface area (Å²) in [5, 5.41) is 10.4. The molecule has 2 bridgehead atoms. The summed E-state index contributed by atoms with van der Waals surface area (Å²) >= 11 is 0. The topological polar surface area (TPSA) is 38.7 Å². The molecule has 30 heavy (non-hydrogen) atoms. The summed E-state index contributed by atoms with van der Waals surface area (Å²) in [5.74, 6) is 4.55. The van der Waals surface area contributed by atoms with E-state index in [1.165, 1.54) is 25.7 Å². The standard InChI is InChI=1S/C27H42O3/c1-17(2)18(3)6-7-19(4)21-8-10-23-22(21)9-11-24-25(5)13-12-20(28)16-26(25)14-15-27(23,24)30-29-26/h6-7,14-15,17-24,28H,8-13,16H2,1-5H3/b7-6+/t18-,19+,20-,21+,22+,23+,24+,25+,26+,27-/m0/s1. The Kier molecular flexibility index (Phi) is 5.08. The van der Waals surface area contributed by atoms with Crippen LogP contribution in [0.4, 0.5) is 0 Å². The fraction of sp³-hybridized carbons (Fsp3) is 0.852. The molecule has 168 valence electrons. The quantitative estimate of drug-likeness (QED) is 0.447. The van der Waals surface area contributed by atoms with Crippen molar-refractivity contribution in [2.45, 2.75) is 96.9 Å². The van der Waals surface area contributed by atoms with Gasteiger partial charge in [-0.25, -0.2) is 9.78 Å². The van der Waals surface area contributed by atoms with Crippen LogP contribution in [-0.2, 0) is 9.78 Å². The van der Waals surface area contributed by atoms with Crippen LogP contribution in [0.25, 0.3) is 0 Å². The van der Waals surface area contributed by atoms with E-state index in [9.17, 15) is 5.11 Å². The average molecular weight is 415 g/mol. The second-order valence-corrected chi connectivity index (χ2v) is 12.0. The molecule has 2 heterocycles. The van der Waals surface area contributed by atoms with E-state index in [0.717, 1.165) is 24.7 Å². The Bertz CT molecular complexity index is 728. The first kappa shape index (κ1) is 21.2. The predicted octanol–water partition coefficient (Wildman–Crippen LogP) is 6.08. The van der Waals surface area contributed by atoms with Crippen LogP contribution in [0.1, 0.15) is 79.6 Å². The Balaban J connectivity index is 1.40. The maximum absolute atomic E-state index is 10.4. The molecule has 0 amide bonds. The summed E-state index contributed by atoms with van der Waals surface area (Å²) in [4.78, 5) is 12.6. The van der Waals surface area contributed by atoms with Crippen molar-refractivity contribution in [3.05, 3.63) is 24.3 Å². The summed E-state index contributed by atoms with van der Waals surface area (Å²) in [6.45, 7) is 11.8. The van der Waals surface area contributed by atoms with E-state index in [1.807, 2.05) is 0 Å². The normalized spacial score (nSPS) is 51.6. The van der Waals surface area contributed by atoms with Gasteiger partial charge in [0.25, 0.3) is 0 Å². The van der Waals surface area contributed by atoms with Crippen molar-refractivity contribution in [1.29, 1.82) is 0 Å². The maximum Gasteiger partial charge on any atom is 0.130 e. The molecule has 3 saturated carbocycles. The molecule has 6 aliphatic rings. The molecule has 3 nitrogen and oxygen atoms in total. The van der Waals surface area contributed by atoms with Gasteiger partial charge in [-0.15, -0.1) is 0 Å². The van der Waals surface area contributed by atoms with E-state index < -0.39 is 5.60 Å². The number of fused-ring (bicyclic) bond motifs is 2. The Morgan fingerprint density at radius 2 is 1.77 bits per heavy atom. The lowest BCUT2D eigenvalue weighted by Crippen LogP contribution is -2.72. The van der Waals surface area contributed by atoms with E-state index in [4.69, 9.17) is 9.78 Å². The van der Waals surface area contributed by atoms with E-state index in [0.29, 0.717) is 36.0 Å². The van der Waals surface area contributed by atoms with Crippen molar-refractivity contribution in [2.75, 3.05) is 0 Å². The Morgan fingerprint density at radius 3 is 2.47 bits per heavy atom. The Morgan fingerprint density at radius 1 is 0.967 bits per heavy atom. The summed E-state index contributed by atoms with van der Waals surface area (Å²) in [6, 6.07) is 0. The summed E-state index contributed by atoms with van der Waals surface area (Å²) in [7, 11) is 0. The van der Waals surface area contributed by atoms with E-state index >= 15 is 0 Å². The molecule has 2 spiro atoms. The zero-order valence-electron chi connectivity index (χ0n) is 19.6. The van der Waals surface area contributed by atoms with Crippen molar-refractivity contribution in [3.8, 4) is 0 Å². The molecule has 6 rings (SSSR count). The summed E-state index contributed by atoms with van der Waals surface area (Å²) < 4.78 is 0. The minimum atomic E-state index is -0.426. The first-order chi connectivity index (χ1) is 14.2. The molecule has 0 aromatic carbocycles. The second-order valence-electron chi connectivity index (χ2n) is 12.0. The van der Waals surface area contributed by atoms with Crippen LogP contribution in [-0.4, -0.2) is 22.4 Å². The highest BCUT2D eigenvalue weighted by atomic mass is 17.2. The molecular formula is C27H42O3. The molecule has 10 atom stereocenters. The number of hydrogen-bond donors (Lipinski definition) is 1. The van der Waals surface area contributed by atoms with Crippen LogP contribution in [0.15, 0.2) is 24.3 Å². The van der Waals surface area contributed by atoms with Gasteiger partial charge in [-0.05, 0) is 80.1 Å². The highest BCUT2D eigenvalue weighted by molar-refractivity contribution is 5.32. The largest absolute Gasteiger partial charge is 0.393 e. The van der Waals surface area contributed by atoms with Crippen LogP contribution < -0.4 is 0 Å². The van der Waals surface area contributed by atoms with Crippen molar-refractivity contribution in [3.63, 3.8) is 0 Å². The third-order valence-corrected chi connectivity index (χ3v) is 10.5. The van der Waals surface area contributed by atoms with Gasteiger partial charge in [0.15, 0.2) is 0 Å². The van der Waals surface area contributed by atoms with Crippen molar-refractivity contribution in [1.82, 2.24) is 0 Å². The number of aliphatic hydroxyl groups excluding tert-OH is 1. The number of rotatable bonds is 4. The van der Waals surface area contributed by atoms with Gasteiger partial charge in [-0.2, -0.15) is 0 Å². The molecular weight excluding hydrogens is 372 g/mol. The first-order valence-corrected chi connectivity index (χ1v) is 12.7. The highest BCUT2D eigenvalue weighted by Crippen LogP contribution is 2.69. The number of hydrogen-bond acceptors (Lipinski definition) is 3. The maximum atomic E-state index is 10.4. The molecule has 0 aromatic rings. The summed E-state index contributed by atoms with van der Waals surface area (Å²) in [5.41, 5.74) is -0.587. The molecule has 3 heteroatoms. The third-order valence-electron chi connectivity index (χ3n) is 10.5. The van der Waals surface area contributed by atoms with Gasteiger partial charge in [0.2, 0.25) is 0 Å². The monoisotopic (exact) mass is 414 g/mol. The van der Waals surface area contributed by atoms with Gasteiger partial charge in [0.1, 0.15) is 11.2 Å². The van der Waals surface area contributed by atoms with Crippen LogP contribution >= 0.6 is 0 Å². The molecule has 4 fully saturated rings. The molecule has 2 aliphatic heterocycles. The zero-order chi connectivity index (χ0) is 21.3. The third kappa shape index (κ3) is 2.80. The van der Waals surface area contributed by atoms with E-state index in [-0.39, 0.29) is 17.1 Å². The van der Waals surface area contributed by atoms with Gasteiger partial charge in [-0.1, -0.05) is 52.8 Å². The number of aliphatic hydroxyl groups is 1. The van der Waals surface area contributed by atoms with Crippen molar-refractivity contribution in [2.24, 2.45) is 46.8 Å². The number of allylic oxidation sites excluding steroid dienone is 2. The van der Waals surface area contributed by atoms with Crippen molar-refractivity contribution >= 4 is 0 Å². The Labute approximate surface area is 183 Å². The predicted molar refractivity (Wildman–Crippen MR) is 119 cm³/mol. The van der Waals surface area contributed by atoms with Gasteiger partial charge in [-0.3, -0.25) is 0 Å². The molecule has 0 unspecified atom stereocenters. The molecule has 1 saturated heterocycles. The van der Waals surface area contributed by atoms with E-state index in [2.05, 4.69) is 58.9 Å². The second kappa shape index (κ2) is 7.18. The lowest BCUT2D eigenvalue weighted by molar-refractivity contribution is -0.494. The molecule has 4 aliphatic carbocycles. The molecule has 0 radical (unpaired) electrons. The van der Waals surface area contributed by atoms with Crippen LogP contribution in [0.2, 0.25) is 0 Å². The van der Waals surface area contributed by atoms with Gasteiger partial charge in [0, 0.05) is 17.8 Å². The fourth-order valence-corrected chi connectivity index (χ4v) is 8.15. The van der Waals surface area contributed by atoms with Crippen molar-refractivity contribution < 1.29 is 14.9 Å². The molecule has 0 aromatic heterocycles. The van der Waals surface area contributed by atoms with Gasteiger partial charge in [0.05, 0.1) is 6.10 Å². The highest BCUT2D eigenvalue weighted by Gasteiger charge is 2.72. The SMILES string of the molecule is CC(C)[C@@H](C)/C=C/[C@@H](C)[C@H]1CC[C@@H]2[C@@H]1CC[C@H]1[C@]23C=C[C@]2(C[C@@H](O)CC[C@]12C)OO3. The van der Waals surface area contributed by atoms with E-state index in [1.54, 1.807) is 0 Å². The summed E-state index contributed by atoms with van der Waals surface area (Å²) in [6.07, 6.45) is 17.1. The zero-order valence-corrected chi connectivity index (χ0v) is 19.6. The fourth-order valence-electron chi connectivity index (χ4n) is 8.15.